The highest BCUT2D eigenvalue weighted by Crippen LogP contribution is 2.21. The molecule has 35 heavy (non-hydrogen) atoms. The van der Waals surface area contributed by atoms with Crippen molar-refractivity contribution in [3.05, 3.63) is 77.9 Å². The third-order valence-electron chi connectivity index (χ3n) is 5.78. The van der Waals surface area contributed by atoms with Crippen molar-refractivity contribution in [2.75, 3.05) is 6.54 Å². The van der Waals surface area contributed by atoms with E-state index in [1.807, 2.05) is 49.4 Å². The van der Waals surface area contributed by atoms with Gasteiger partial charge in [0.05, 0.1) is 4.90 Å². The first-order chi connectivity index (χ1) is 16.7. The zero-order chi connectivity index (χ0) is 25.4. The second-order valence-corrected chi connectivity index (χ2v) is 10.4. The van der Waals surface area contributed by atoms with Gasteiger partial charge in [0.1, 0.15) is 6.04 Å². The van der Waals surface area contributed by atoms with Gasteiger partial charge in [-0.3, -0.25) is 9.59 Å². The van der Waals surface area contributed by atoms with Crippen LogP contribution in [0.25, 0.3) is 10.8 Å². The summed E-state index contributed by atoms with van der Waals surface area (Å²) in [7, 11) is -3.94. The van der Waals surface area contributed by atoms with E-state index < -0.39 is 33.9 Å². The lowest BCUT2D eigenvalue weighted by Gasteiger charge is -2.23. The number of benzene rings is 3. The predicted molar refractivity (Wildman–Crippen MR) is 137 cm³/mol. The van der Waals surface area contributed by atoms with Crippen LogP contribution in [0.2, 0.25) is 0 Å². The van der Waals surface area contributed by atoms with Crippen LogP contribution >= 0.6 is 0 Å². The molecule has 3 aromatic carbocycles. The molecule has 2 atom stereocenters. The van der Waals surface area contributed by atoms with E-state index in [-0.39, 0.29) is 17.7 Å². The van der Waals surface area contributed by atoms with Gasteiger partial charge in [0.25, 0.3) is 0 Å². The summed E-state index contributed by atoms with van der Waals surface area (Å²) < 4.78 is 28.4. The molecule has 3 aromatic rings. The molecule has 0 heterocycles. The number of nitrogens with two attached hydrogens (primary N) is 2. The number of nitrogens with one attached hydrogen (secondary N) is 2. The van der Waals surface area contributed by atoms with E-state index in [4.69, 9.17) is 11.5 Å². The molecule has 0 aromatic heterocycles. The lowest BCUT2D eigenvalue weighted by Crippen LogP contribution is -2.51. The molecule has 0 saturated heterocycles. The van der Waals surface area contributed by atoms with Crippen molar-refractivity contribution >= 4 is 32.6 Å². The van der Waals surface area contributed by atoms with Crippen molar-refractivity contribution in [3.8, 4) is 0 Å². The number of carbonyl (C=O) groups is 2. The minimum Gasteiger partial charge on any atom is -0.370 e. The van der Waals surface area contributed by atoms with Crippen LogP contribution in [0, 0.1) is 6.92 Å². The summed E-state index contributed by atoms with van der Waals surface area (Å²) in [6.45, 7) is 2.16. The van der Waals surface area contributed by atoms with Crippen LogP contribution in [0.3, 0.4) is 0 Å². The van der Waals surface area contributed by atoms with Crippen molar-refractivity contribution < 1.29 is 18.0 Å². The fraction of sp³-hybridized carbons (Fsp3) is 0.308. The number of amides is 2. The largest absolute Gasteiger partial charge is 0.370 e. The van der Waals surface area contributed by atoms with Gasteiger partial charge in [-0.25, -0.2) is 8.42 Å². The molecule has 0 aliphatic heterocycles. The van der Waals surface area contributed by atoms with Crippen molar-refractivity contribution in [1.29, 1.82) is 0 Å². The normalized spacial score (nSPS) is 13.3. The van der Waals surface area contributed by atoms with Crippen LogP contribution < -0.4 is 21.5 Å². The van der Waals surface area contributed by atoms with Gasteiger partial charge in [0.15, 0.2) is 0 Å². The zero-order valence-electron chi connectivity index (χ0n) is 19.7. The molecule has 3 rings (SSSR count). The standard InChI is InChI=1S/C26H32N4O4S/c1-18-11-13-22(14-12-18)35(33,34)30-24(10-5-15-27)26(32)29-21(17-25(28)31)16-20-8-4-7-19-6-2-3-9-23(19)20/h2-4,6-9,11-14,21,24,30H,5,10,15-17,27H2,1H3,(H2,28,31)(H,29,32)/t21-,24?/m0/s1. The molecular weight excluding hydrogens is 464 g/mol. The van der Waals surface area contributed by atoms with Crippen LogP contribution in [0.5, 0.6) is 0 Å². The molecule has 6 N–H and O–H groups in total. The maximum absolute atomic E-state index is 13.2. The first-order valence-corrected chi connectivity index (χ1v) is 13.0. The summed E-state index contributed by atoms with van der Waals surface area (Å²) in [4.78, 5) is 25.1. The molecular formula is C26H32N4O4S. The topological polar surface area (TPSA) is 144 Å². The SMILES string of the molecule is Cc1ccc(S(=O)(=O)NC(CCCN)C(=O)N[C@H](CC(N)=O)Cc2cccc3ccccc23)cc1. The summed E-state index contributed by atoms with van der Waals surface area (Å²) in [5.41, 5.74) is 13.0. The number of sulfonamides is 1. The first-order valence-electron chi connectivity index (χ1n) is 11.5. The van der Waals surface area contributed by atoms with Gasteiger partial charge in [-0.05, 0) is 61.2 Å². The van der Waals surface area contributed by atoms with Gasteiger partial charge in [-0.1, -0.05) is 60.2 Å². The lowest BCUT2D eigenvalue weighted by molar-refractivity contribution is -0.124. The number of primary amides is 1. The minimum atomic E-state index is -3.94. The molecule has 0 aliphatic rings. The van der Waals surface area contributed by atoms with Crippen molar-refractivity contribution in [2.24, 2.45) is 11.5 Å². The van der Waals surface area contributed by atoms with Gasteiger partial charge < -0.3 is 16.8 Å². The zero-order valence-corrected chi connectivity index (χ0v) is 20.6. The van der Waals surface area contributed by atoms with E-state index in [0.29, 0.717) is 19.4 Å². The van der Waals surface area contributed by atoms with E-state index in [0.717, 1.165) is 21.9 Å². The Kier molecular flexibility index (Phi) is 8.97. The van der Waals surface area contributed by atoms with E-state index in [1.165, 1.54) is 12.1 Å². The van der Waals surface area contributed by atoms with Gasteiger partial charge in [0, 0.05) is 12.5 Å². The Morgan fingerprint density at radius 2 is 1.66 bits per heavy atom. The molecule has 0 saturated carbocycles. The van der Waals surface area contributed by atoms with E-state index in [1.54, 1.807) is 12.1 Å². The molecule has 2 amide bonds. The lowest BCUT2D eigenvalue weighted by atomic mass is 9.97. The van der Waals surface area contributed by atoms with E-state index in [2.05, 4.69) is 10.0 Å². The molecule has 0 radical (unpaired) electrons. The van der Waals surface area contributed by atoms with Crippen molar-refractivity contribution in [2.45, 2.75) is 49.6 Å². The monoisotopic (exact) mass is 496 g/mol. The average Bonchev–Trinajstić information content (AvgIpc) is 2.81. The highest BCUT2D eigenvalue weighted by molar-refractivity contribution is 7.89. The summed E-state index contributed by atoms with van der Waals surface area (Å²) in [5.74, 6) is -1.09. The number of carbonyl (C=O) groups excluding carboxylic acids is 2. The number of aryl methyl sites for hydroxylation is 1. The average molecular weight is 497 g/mol. The van der Waals surface area contributed by atoms with Gasteiger partial charge in [-0.2, -0.15) is 4.72 Å². The highest BCUT2D eigenvalue weighted by atomic mass is 32.2. The number of rotatable bonds is 12. The van der Waals surface area contributed by atoms with Crippen LogP contribution in [-0.2, 0) is 26.0 Å². The van der Waals surface area contributed by atoms with E-state index in [9.17, 15) is 18.0 Å². The summed E-state index contributed by atoms with van der Waals surface area (Å²) in [5, 5.41) is 4.90. The molecule has 0 aliphatic carbocycles. The number of hydrogen-bond donors (Lipinski definition) is 4. The second kappa shape index (κ2) is 11.9. The second-order valence-electron chi connectivity index (χ2n) is 8.64. The molecule has 0 fully saturated rings. The number of hydrogen-bond acceptors (Lipinski definition) is 5. The Balaban J connectivity index is 1.81. The third kappa shape index (κ3) is 7.35. The van der Waals surface area contributed by atoms with Crippen LogP contribution in [0.1, 0.15) is 30.4 Å². The maximum Gasteiger partial charge on any atom is 0.241 e. The van der Waals surface area contributed by atoms with Crippen molar-refractivity contribution in [1.82, 2.24) is 10.0 Å². The predicted octanol–water partition coefficient (Wildman–Crippen LogP) is 2.14. The van der Waals surface area contributed by atoms with Crippen LogP contribution in [0.15, 0.2) is 71.6 Å². The van der Waals surface area contributed by atoms with Gasteiger partial charge in [-0.15, -0.1) is 0 Å². The molecule has 8 nitrogen and oxygen atoms in total. The van der Waals surface area contributed by atoms with Gasteiger partial charge >= 0.3 is 0 Å². The van der Waals surface area contributed by atoms with Crippen molar-refractivity contribution in [3.63, 3.8) is 0 Å². The first kappa shape index (κ1) is 26.3. The summed E-state index contributed by atoms with van der Waals surface area (Å²) in [6.07, 6.45) is 0.941. The Labute approximate surface area is 206 Å². The Morgan fingerprint density at radius 3 is 2.34 bits per heavy atom. The Hall–Kier alpha value is -3.27. The highest BCUT2D eigenvalue weighted by Gasteiger charge is 2.27. The Bertz CT molecular complexity index is 1270. The van der Waals surface area contributed by atoms with Crippen LogP contribution in [0.4, 0.5) is 0 Å². The molecule has 186 valence electrons. The van der Waals surface area contributed by atoms with Crippen LogP contribution in [-0.4, -0.2) is 38.9 Å². The summed E-state index contributed by atoms with van der Waals surface area (Å²) in [6, 6.07) is 18.4. The van der Waals surface area contributed by atoms with Gasteiger partial charge in [0.2, 0.25) is 21.8 Å². The molecule has 1 unspecified atom stereocenters. The summed E-state index contributed by atoms with van der Waals surface area (Å²) >= 11 is 0. The molecule has 0 spiro atoms. The quantitative estimate of drug-likeness (QED) is 0.304. The Morgan fingerprint density at radius 1 is 0.971 bits per heavy atom. The fourth-order valence-electron chi connectivity index (χ4n) is 3.99. The van der Waals surface area contributed by atoms with E-state index >= 15 is 0 Å². The maximum atomic E-state index is 13.2. The fourth-order valence-corrected chi connectivity index (χ4v) is 5.22. The molecule has 9 heteroatoms. The molecule has 0 bridgehead atoms. The third-order valence-corrected chi connectivity index (χ3v) is 7.27. The smallest absolute Gasteiger partial charge is 0.241 e. The number of fused-ring (bicyclic) bond motifs is 1. The minimum absolute atomic E-state index is 0.0677.